The number of carboxylic acid groups (broad SMARTS) is 1. The van der Waals surface area contributed by atoms with E-state index >= 15 is 0 Å². The van der Waals surface area contributed by atoms with E-state index in [4.69, 9.17) is 5.11 Å². The number of thioether (sulfide) groups is 1. The minimum atomic E-state index is -0.932. The van der Waals surface area contributed by atoms with Gasteiger partial charge in [0.05, 0.1) is 5.37 Å². The van der Waals surface area contributed by atoms with Crippen molar-refractivity contribution in [2.45, 2.75) is 24.8 Å². The van der Waals surface area contributed by atoms with E-state index in [1.807, 2.05) is 0 Å². The van der Waals surface area contributed by atoms with Gasteiger partial charge in [-0.2, -0.15) is 25.3 Å². The number of carboxylic acids is 1. The monoisotopic (exact) mass is 295 g/mol. The second-order valence-electron chi connectivity index (χ2n) is 3.98. The summed E-state index contributed by atoms with van der Waals surface area (Å²) in [6.45, 7) is 1.77. The number of rotatable bonds is 5. The Balaban J connectivity index is 2.85. The fraction of sp³-hybridized carbons (Fsp3) is 0.800. The van der Waals surface area contributed by atoms with Gasteiger partial charge in [-0.1, -0.05) is 6.92 Å². The number of hydrogen-bond acceptors (Lipinski definition) is 5. The van der Waals surface area contributed by atoms with Gasteiger partial charge < -0.3 is 10.0 Å². The fourth-order valence-corrected chi connectivity index (χ4v) is 3.69. The highest BCUT2D eigenvalue weighted by atomic mass is 32.2. The molecule has 0 spiro atoms. The Morgan fingerprint density at radius 1 is 1.53 bits per heavy atom. The van der Waals surface area contributed by atoms with Crippen LogP contribution in [0.3, 0.4) is 0 Å². The molecule has 0 bridgehead atoms. The molecule has 17 heavy (non-hydrogen) atoms. The van der Waals surface area contributed by atoms with Crippen LogP contribution in [-0.2, 0) is 9.59 Å². The highest BCUT2D eigenvalue weighted by Gasteiger charge is 2.42. The first-order valence-corrected chi connectivity index (χ1v) is 7.72. The van der Waals surface area contributed by atoms with E-state index in [0.29, 0.717) is 23.7 Å². The SMILES string of the molecule is CC(CS)C(=O)N1C(CCS)SC[C@H]1C(=O)O. The largest absolute Gasteiger partial charge is 0.480 e. The molecule has 2 unspecified atom stereocenters. The number of carbonyl (C=O) groups is 2. The molecule has 1 aliphatic rings. The smallest absolute Gasteiger partial charge is 0.327 e. The van der Waals surface area contributed by atoms with Crippen molar-refractivity contribution in [3.05, 3.63) is 0 Å². The number of amides is 1. The number of aliphatic carboxylic acids is 1. The molecule has 98 valence electrons. The minimum Gasteiger partial charge on any atom is -0.480 e. The van der Waals surface area contributed by atoms with Crippen LogP contribution in [0.4, 0.5) is 0 Å². The van der Waals surface area contributed by atoms with Crippen LogP contribution >= 0.6 is 37.0 Å². The topological polar surface area (TPSA) is 57.6 Å². The van der Waals surface area contributed by atoms with E-state index in [-0.39, 0.29) is 17.2 Å². The Morgan fingerprint density at radius 2 is 2.18 bits per heavy atom. The van der Waals surface area contributed by atoms with Crippen LogP contribution in [0.2, 0.25) is 0 Å². The van der Waals surface area contributed by atoms with Crippen molar-refractivity contribution in [2.75, 3.05) is 17.3 Å². The van der Waals surface area contributed by atoms with E-state index in [1.54, 1.807) is 6.92 Å². The molecule has 1 N–H and O–H groups in total. The average molecular weight is 295 g/mol. The van der Waals surface area contributed by atoms with Crippen molar-refractivity contribution in [2.24, 2.45) is 5.92 Å². The summed E-state index contributed by atoms with van der Waals surface area (Å²) in [6.07, 6.45) is 0.711. The van der Waals surface area contributed by atoms with Gasteiger partial charge in [0.2, 0.25) is 5.91 Å². The van der Waals surface area contributed by atoms with Crippen molar-refractivity contribution in [3.63, 3.8) is 0 Å². The van der Waals surface area contributed by atoms with Gasteiger partial charge >= 0.3 is 5.97 Å². The summed E-state index contributed by atoms with van der Waals surface area (Å²) in [7, 11) is 0. The molecule has 0 aromatic carbocycles. The maximum Gasteiger partial charge on any atom is 0.327 e. The summed E-state index contributed by atoms with van der Waals surface area (Å²) in [4.78, 5) is 24.8. The maximum atomic E-state index is 12.2. The molecule has 0 saturated carbocycles. The standard InChI is InChI=1S/C10H17NO3S3/c1-6(4-16)9(12)11-7(10(13)14)5-17-8(11)2-3-15/h6-8,15-16H,2-5H2,1H3,(H,13,14)/t6?,7-,8?/m0/s1. The van der Waals surface area contributed by atoms with E-state index in [9.17, 15) is 9.59 Å². The van der Waals surface area contributed by atoms with Crippen LogP contribution in [0.5, 0.6) is 0 Å². The number of hydrogen-bond donors (Lipinski definition) is 3. The van der Waals surface area contributed by atoms with Gasteiger partial charge in [-0.05, 0) is 12.2 Å². The first-order valence-electron chi connectivity index (χ1n) is 5.41. The zero-order valence-corrected chi connectivity index (χ0v) is 12.2. The molecular weight excluding hydrogens is 278 g/mol. The highest BCUT2D eigenvalue weighted by Crippen LogP contribution is 2.33. The third-order valence-electron chi connectivity index (χ3n) is 2.70. The summed E-state index contributed by atoms with van der Waals surface area (Å²) in [6, 6.07) is -0.709. The summed E-state index contributed by atoms with van der Waals surface area (Å²) in [5.41, 5.74) is 0. The molecule has 1 saturated heterocycles. The normalized spacial score (nSPS) is 25.9. The van der Waals surface area contributed by atoms with Gasteiger partial charge in [0.25, 0.3) is 0 Å². The van der Waals surface area contributed by atoms with Gasteiger partial charge in [-0.3, -0.25) is 4.79 Å². The van der Waals surface area contributed by atoms with Crippen LogP contribution in [-0.4, -0.2) is 50.6 Å². The third-order valence-corrected chi connectivity index (χ3v) is 4.87. The molecule has 4 nitrogen and oxygen atoms in total. The predicted molar refractivity (Wildman–Crippen MR) is 76.0 cm³/mol. The van der Waals surface area contributed by atoms with Gasteiger partial charge in [-0.15, -0.1) is 11.8 Å². The second-order valence-corrected chi connectivity index (χ2v) is 6.01. The zero-order valence-electron chi connectivity index (χ0n) is 9.57. The Hall–Kier alpha value is -0.0100. The van der Waals surface area contributed by atoms with E-state index < -0.39 is 12.0 Å². The first kappa shape index (κ1) is 15.0. The van der Waals surface area contributed by atoms with E-state index in [2.05, 4.69) is 25.3 Å². The van der Waals surface area contributed by atoms with E-state index in [0.717, 1.165) is 0 Å². The Labute approximate surface area is 116 Å². The zero-order chi connectivity index (χ0) is 13.0. The first-order chi connectivity index (χ1) is 8.02. The lowest BCUT2D eigenvalue weighted by molar-refractivity contribution is -0.150. The van der Waals surface area contributed by atoms with Crippen LogP contribution < -0.4 is 0 Å². The molecule has 1 aliphatic heterocycles. The molecule has 1 amide bonds. The van der Waals surface area contributed by atoms with E-state index in [1.165, 1.54) is 16.7 Å². The molecule has 3 atom stereocenters. The highest BCUT2D eigenvalue weighted by molar-refractivity contribution is 8.00. The molecule has 1 rings (SSSR count). The van der Waals surface area contributed by atoms with Crippen molar-refractivity contribution >= 4 is 48.9 Å². The Kier molecular flexibility index (Phi) is 6.02. The van der Waals surface area contributed by atoms with Crippen LogP contribution in [0.1, 0.15) is 13.3 Å². The average Bonchev–Trinajstić information content (AvgIpc) is 2.71. The van der Waals surface area contributed by atoms with Crippen LogP contribution in [0.25, 0.3) is 0 Å². The Morgan fingerprint density at radius 3 is 2.65 bits per heavy atom. The van der Waals surface area contributed by atoms with Crippen molar-refractivity contribution in [3.8, 4) is 0 Å². The molecule has 7 heteroatoms. The van der Waals surface area contributed by atoms with Crippen LogP contribution in [0.15, 0.2) is 0 Å². The molecular formula is C10H17NO3S3. The second kappa shape index (κ2) is 6.80. The summed E-state index contributed by atoms with van der Waals surface area (Å²) in [5.74, 6) is 0.228. The van der Waals surface area contributed by atoms with Crippen molar-refractivity contribution in [1.82, 2.24) is 4.90 Å². The summed E-state index contributed by atoms with van der Waals surface area (Å²) < 4.78 is 0. The van der Waals surface area contributed by atoms with Crippen LogP contribution in [0, 0.1) is 5.92 Å². The van der Waals surface area contributed by atoms with Gasteiger partial charge in [-0.25, -0.2) is 4.79 Å². The van der Waals surface area contributed by atoms with Gasteiger partial charge in [0.15, 0.2) is 0 Å². The third kappa shape index (κ3) is 3.48. The van der Waals surface area contributed by atoms with Crippen molar-refractivity contribution in [1.29, 1.82) is 0 Å². The molecule has 0 aromatic heterocycles. The lowest BCUT2D eigenvalue weighted by Gasteiger charge is -2.29. The number of carbonyl (C=O) groups excluding carboxylic acids is 1. The lowest BCUT2D eigenvalue weighted by atomic mass is 10.1. The molecule has 1 fully saturated rings. The number of nitrogens with zero attached hydrogens (tertiary/aromatic N) is 1. The van der Waals surface area contributed by atoms with Gasteiger partial charge in [0.1, 0.15) is 6.04 Å². The quantitative estimate of drug-likeness (QED) is 0.668. The maximum absolute atomic E-state index is 12.2. The fourth-order valence-electron chi connectivity index (χ4n) is 1.71. The molecule has 0 aromatic rings. The summed E-state index contributed by atoms with van der Waals surface area (Å²) in [5, 5.41) is 9.06. The summed E-state index contributed by atoms with van der Waals surface area (Å²) >= 11 is 9.76. The van der Waals surface area contributed by atoms with Crippen molar-refractivity contribution < 1.29 is 14.7 Å². The minimum absolute atomic E-state index is 0.0663. The molecule has 0 aliphatic carbocycles. The predicted octanol–water partition coefficient (Wildman–Crippen LogP) is 1.23. The van der Waals surface area contributed by atoms with Gasteiger partial charge in [0, 0.05) is 17.4 Å². The molecule has 0 radical (unpaired) electrons. The lowest BCUT2D eigenvalue weighted by Crippen LogP contribution is -2.48. The Bertz CT molecular complexity index is 301. The molecule has 1 heterocycles. The number of thiol groups is 2.